The maximum absolute atomic E-state index is 10.4. The summed E-state index contributed by atoms with van der Waals surface area (Å²) >= 11 is 1.70. The van der Waals surface area contributed by atoms with E-state index in [1.807, 2.05) is 13.8 Å². The summed E-state index contributed by atoms with van der Waals surface area (Å²) in [7, 11) is -4.05. The minimum absolute atomic E-state index is 0.263. The highest BCUT2D eigenvalue weighted by Gasteiger charge is 2.03. The first kappa shape index (κ1) is 11.7. The molecular weight excluding hydrogens is 220 g/mol. The molecule has 1 aromatic heterocycles. The second-order valence-electron chi connectivity index (χ2n) is 3.30. The standard InChI is InChI=1S/C9H14O3S2/c1-7-6-9(8(2)13-7)4-3-5-14(10,11)12/h6H,3-5H2,1-2H3,(H,10,11,12)/p-1. The molecule has 0 aliphatic carbocycles. The van der Waals surface area contributed by atoms with Crippen molar-refractivity contribution in [3.05, 3.63) is 21.4 Å². The second kappa shape index (κ2) is 4.42. The van der Waals surface area contributed by atoms with Gasteiger partial charge in [0.25, 0.3) is 0 Å². The van der Waals surface area contributed by atoms with Crippen LogP contribution in [0.15, 0.2) is 6.07 Å². The van der Waals surface area contributed by atoms with E-state index >= 15 is 0 Å². The Morgan fingerprint density at radius 2 is 2.07 bits per heavy atom. The predicted octanol–water partition coefficient (Wildman–Crippen LogP) is 1.84. The normalized spacial score (nSPS) is 11.9. The third-order valence-corrected chi connectivity index (χ3v) is 3.78. The zero-order valence-electron chi connectivity index (χ0n) is 8.24. The van der Waals surface area contributed by atoms with E-state index < -0.39 is 10.1 Å². The van der Waals surface area contributed by atoms with Crippen LogP contribution in [-0.4, -0.2) is 18.7 Å². The van der Waals surface area contributed by atoms with E-state index in [-0.39, 0.29) is 5.75 Å². The molecule has 1 heterocycles. The van der Waals surface area contributed by atoms with Crippen LogP contribution in [0.1, 0.15) is 21.7 Å². The van der Waals surface area contributed by atoms with Gasteiger partial charge < -0.3 is 4.55 Å². The van der Waals surface area contributed by atoms with E-state index in [0.29, 0.717) is 12.8 Å². The fourth-order valence-electron chi connectivity index (χ4n) is 1.37. The van der Waals surface area contributed by atoms with Gasteiger partial charge in [0, 0.05) is 15.5 Å². The van der Waals surface area contributed by atoms with Gasteiger partial charge >= 0.3 is 0 Å². The Bertz CT molecular complexity index is 404. The van der Waals surface area contributed by atoms with Crippen molar-refractivity contribution in [1.29, 1.82) is 0 Å². The van der Waals surface area contributed by atoms with Gasteiger partial charge in [0.05, 0.1) is 10.1 Å². The van der Waals surface area contributed by atoms with Gasteiger partial charge in [0.2, 0.25) is 0 Å². The number of aryl methyl sites for hydroxylation is 3. The molecule has 0 N–H and O–H groups in total. The van der Waals surface area contributed by atoms with E-state index in [4.69, 9.17) is 0 Å². The molecule has 14 heavy (non-hydrogen) atoms. The van der Waals surface area contributed by atoms with Crippen LogP contribution in [0.5, 0.6) is 0 Å². The molecule has 0 saturated carbocycles. The van der Waals surface area contributed by atoms with Gasteiger partial charge in [-0.25, -0.2) is 8.42 Å². The Kier molecular flexibility index (Phi) is 3.69. The Balaban J connectivity index is 2.50. The SMILES string of the molecule is Cc1cc(CCCS(=O)(=O)[O-])c(C)s1. The second-order valence-corrected chi connectivity index (χ2v) is 6.29. The average Bonchev–Trinajstić information content (AvgIpc) is 2.27. The third kappa shape index (κ3) is 3.77. The molecule has 0 fully saturated rings. The lowest BCUT2D eigenvalue weighted by Crippen LogP contribution is -2.05. The summed E-state index contributed by atoms with van der Waals surface area (Å²) in [4.78, 5) is 2.44. The van der Waals surface area contributed by atoms with Crippen molar-refractivity contribution in [3.8, 4) is 0 Å². The molecule has 0 spiro atoms. The zero-order chi connectivity index (χ0) is 10.8. The summed E-state index contributed by atoms with van der Waals surface area (Å²) in [5.74, 6) is -0.263. The first-order valence-corrected chi connectivity index (χ1v) is 6.77. The van der Waals surface area contributed by atoms with Gasteiger partial charge in [-0.15, -0.1) is 11.3 Å². The molecule has 0 atom stereocenters. The van der Waals surface area contributed by atoms with Crippen molar-refractivity contribution < 1.29 is 13.0 Å². The van der Waals surface area contributed by atoms with Crippen LogP contribution in [-0.2, 0) is 16.5 Å². The molecule has 0 bridgehead atoms. The number of hydrogen-bond acceptors (Lipinski definition) is 4. The van der Waals surface area contributed by atoms with Crippen LogP contribution in [0.25, 0.3) is 0 Å². The van der Waals surface area contributed by atoms with Crippen molar-refractivity contribution in [2.75, 3.05) is 5.75 Å². The molecule has 5 heteroatoms. The smallest absolute Gasteiger partial charge is 0.0946 e. The largest absolute Gasteiger partial charge is 0.748 e. The molecule has 0 aliphatic rings. The lowest BCUT2D eigenvalue weighted by Gasteiger charge is -2.05. The van der Waals surface area contributed by atoms with Crippen molar-refractivity contribution in [2.24, 2.45) is 0 Å². The quantitative estimate of drug-likeness (QED) is 0.746. The minimum atomic E-state index is -4.05. The highest BCUT2D eigenvalue weighted by molar-refractivity contribution is 7.85. The number of thiophene rings is 1. The molecular formula is C9H13O3S2-. The van der Waals surface area contributed by atoms with E-state index in [1.54, 1.807) is 11.3 Å². The van der Waals surface area contributed by atoms with Crippen LogP contribution in [0, 0.1) is 13.8 Å². The van der Waals surface area contributed by atoms with Gasteiger partial charge in [0.1, 0.15) is 0 Å². The Morgan fingerprint density at radius 3 is 2.50 bits per heavy atom. The molecule has 0 aromatic carbocycles. The molecule has 0 radical (unpaired) electrons. The fraction of sp³-hybridized carbons (Fsp3) is 0.556. The molecule has 80 valence electrons. The highest BCUT2D eigenvalue weighted by atomic mass is 32.2. The van der Waals surface area contributed by atoms with E-state index in [2.05, 4.69) is 6.07 Å². The van der Waals surface area contributed by atoms with Gasteiger partial charge in [-0.2, -0.15) is 0 Å². The van der Waals surface area contributed by atoms with Crippen LogP contribution in [0.2, 0.25) is 0 Å². The fourth-order valence-corrected chi connectivity index (χ4v) is 2.85. The molecule has 0 unspecified atom stereocenters. The first-order valence-electron chi connectivity index (χ1n) is 4.38. The van der Waals surface area contributed by atoms with Crippen molar-refractivity contribution in [1.82, 2.24) is 0 Å². The van der Waals surface area contributed by atoms with E-state index in [9.17, 15) is 13.0 Å². The average molecular weight is 233 g/mol. The molecule has 3 nitrogen and oxygen atoms in total. The highest BCUT2D eigenvalue weighted by Crippen LogP contribution is 2.21. The van der Waals surface area contributed by atoms with Crippen LogP contribution < -0.4 is 0 Å². The summed E-state index contributed by atoms with van der Waals surface area (Å²) in [6.07, 6.45) is 1.10. The Morgan fingerprint density at radius 1 is 1.43 bits per heavy atom. The first-order chi connectivity index (χ1) is 6.38. The summed E-state index contributed by atoms with van der Waals surface area (Å²) < 4.78 is 31.1. The van der Waals surface area contributed by atoms with Crippen LogP contribution >= 0.6 is 11.3 Å². The van der Waals surface area contributed by atoms with Gasteiger partial charge in [-0.3, -0.25) is 0 Å². The lowest BCUT2D eigenvalue weighted by molar-refractivity contribution is 0.461. The van der Waals surface area contributed by atoms with Crippen LogP contribution in [0.4, 0.5) is 0 Å². The van der Waals surface area contributed by atoms with Crippen molar-refractivity contribution in [2.45, 2.75) is 26.7 Å². The van der Waals surface area contributed by atoms with E-state index in [1.165, 1.54) is 9.75 Å². The summed E-state index contributed by atoms with van der Waals surface area (Å²) in [6.45, 7) is 4.03. The molecule has 0 aliphatic heterocycles. The maximum Gasteiger partial charge on any atom is 0.0946 e. The Hall–Kier alpha value is -0.390. The van der Waals surface area contributed by atoms with Crippen molar-refractivity contribution in [3.63, 3.8) is 0 Å². The number of rotatable bonds is 4. The zero-order valence-corrected chi connectivity index (χ0v) is 9.87. The van der Waals surface area contributed by atoms with Gasteiger partial charge in [-0.05, 0) is 38.3 Å². The lowest BCUT2D eigenvalue weighted by atomic mass is 10.1. The predicted molar refractivity (Wildman–Crippen MR) is 56.7 cm³/mol. The third-order valence-electron chi connectivity index (χ3n) is 1.98. The summed E-state index contributed by atoms with van der Waals surface area (Å²) in [5.41, 5.74) is 1.16. The molecule has 1 rings (SSSR count). The van der Waals surface area contributed by atoms with Gasteiger partial charge in [-0.1, -0.05) is 0 Å². The molecule has 0 saturated heterocycles. The van der Waals surface area contributed by atoms with E-state index in [0.717, 1.165) is 5.56 Å². The molecule has 1 aromatic rings. The number of hydrogen-bond donors (Lipinski definition) is 0. The summed E-state index contributed by atoms with van der Waals surface area (Å²) in [5, 5.41) is 0. The Labute approximate surface area is 88.5 Å². The van der Waals surface area contributed by atoms with Crippen LogP contribution in [0.3, 0.4) is 0 Å². The summed E-state index contributed by atoms with van der Waals surface area (Å²) in [6, 6.07) is 2.05. The maximum atomic E-state index is 10.4. The monoisotopic (exact) mass is 233 g/mol. The van der Waals surface area contributed by atoms with Crippen molar-refractivity contribution >= 4 is 21.5 Å². The van der Waals surface area contributed by atoms with Gasteiger partial charge in [0.15, 0.2) is 0 Å². The molecule has 0 amide bonds. The minimum Gasteiger partial charge on any atom is -0.748 e. The topological polar surface area (TPSA) is 57.2 Å².